The Morgan fingerprint density at radius 1 is 1.08 bits per heavy atom. The van der Waals surface area contributed by atoms with Gasteiger partial charge in [-0.05, 0) is 18.2 Å². The van der Waals surface area contributed by atoms with Crippen molar-refractivity contribution in [3.05, 3.63) is 57.3 Å². The number of rotatable bonds is 5. The highest BCUT2D eigenvalue weighted by Crippen LogP contribution is 2.33. The summed E-state index contributed by atoms with van der Waals surface area (Å²) in [5.74, 6) is 0.298. The second-order valence-corrected chi connectivity index (χ2v) is 7.37. The fraction of sp³-hybridized carbons (Fsp3) is 0.333. The molecule has 5 nitrogen and oxygen atoms in total. The predicted octanol–water partition coefficient (Wildman–Crippen LogP) is 2.35. The first kappa shape index (κ1) is 19.2. The van der Waals surface area contributed by atoms with Gasteiger partial charge in [-0.3, -0.25) is 9.78 Å². The highest BCUT2D eigenvalue weighted by atomic mass is 35.5. The average Bonchev–Trinajstić information content (AvgIpc) is 2.65. The quantitative estimate of drug-likeness (QED) is 0.763. The van der Waals surface area contributed by atoms with E-state index in [2.05, 4.69) is 4.98 Å². The molecule has 0 spiro atoms. The first-order valence-electron chi connectivity index (χ1n) is 8.30. The lowest BCUT2D eigenvalue weighted by Crippen LogP contribution is -3.13. The summed E-state index contributed by atoms with van der Waals surface area (Å²) in [5, 5.41) is 1.02. The molecule has 0 aliphatic carbocycles. The van der Waals surface area contributed by atoms with Crippen molar-refractivity contribution in [3.8, 4) is 5.75 Å². The minimum atomic E-state index is -0.0721. The molecule has 2 aromatic rings. The van der Waals surface area contributed by atoms with Crippen LogP contribution in [0.2, 0.25) is 15.1 Å². The van der Waals surface area contributed by atoms with E-state index in [-0.39, 0.29) is 12.5 Å². The lowest BCUT2D eigenvalue weighted by Gasteiger charge is -2.32. The number of benzene rings is 1. The zero-order valence-electron chi connectivity index (χ0n) is 14.1. The van der Waals surface area contributed by atoms with E-state index in [4.69, 9.17) is 39.5 Å². The third-order valence-electron chi connectivity index (χ3n) is 4.35. The van der Waals surface area contributed by atoms with Crippen LogP contribution in [0.1, 0.15) is 5.56 Å². The largest absolute Gasteiger partial charge is 0.482 e. The van der Waals surface area contributed by atoms with Crippen LogP contribution in [0.3, 0.4) is 0 Å². The molecule has 1 fully saturated rings. The maximum atomic E-state index is 12.4. The number of aromatic nitrogens is 1. The summed E-state index contributed by atoms with van der Waals surface area (Å²) in [6.07, 6.45) is 3.61. The Labute approximate surface area is 167 Å². The van der Waals surface area contributed by atoms with Crippen LogP contribution in [0.5, 0.6) is 5.75 Å². The van der Waals surface area contributed by atoms with Crippen LogP contribution in [-0.4, -0.2) is 48.6 Å². The van der Waals surface area contributed by atoms with Gasteiger partial charge < -0.3 is 14.5 Å². The van der Waals surface area contributed by atoms with Gasteiger partial charge in [-0.1, -0.05) is 34.8 Å². The van der Waals surface area contributed by atoms with Gasteiger partial charge in [-0.2, -0.15) is 0 Å². The molecule has 0 radical (unpaired) electrons. The van der Waals surface area contributed by atoms with Crippen molar-refractivity contribution < 1.29 is 14.4 Å². The number of pyridine rings is 1. The molecule has 1 aliphatic rings. The van der Waals surface area contributed by atoms with Crippen molar-refractivity contribution in [1.82, 2.24) is 9.88 Å². The van der Waals surface area contributed by atoms with Crippen LogP contribution in [0, 0.1) is 0 Å². The summed E-state index contributed by atoms with van der Waals surface area (Å²) in [6, 6.07) is 7.08. The van der Waals surface area contributed by atoms with Crippen LogP contribution in [0.4, 0.5) is 0 Å². The molecule has 0 atom stereocenters. The molecule has 2 heterocycles. The second kappa shape index (κ2) is 8.91. The Bertz CT molecular complexity index is 766. The maximum absolute atomic E-state index is 12.4. The molecular formula is C18H19Cl3N3O2+. The number of carbonyl (C=O) groups excluding carboxylic acids is 1. The van der Waals surface area contributed by atoms with E-state index in [0.29, 0.717) is 33.9 Å². The van der Waals surface area contributed by atoms with E-state index < -0.39 is 0 Å². The normalized spacial score (nSPS) is 15.1. The maximum Gasteiger partial charge on any atom is 0.260 e. The van der Waals surface area contributed by atoms with Crippen molar-refractivity contribution in [2.24, 2.45) is 0 Å². The molecule has 1 aliphatic heterocycles. The third kappa shape index (κ3) is 5.01. The van der Waals surface area contributed by atoms with Gasteiger partial charge in [-0.25, -0.2) is 0 Å². The summed E-state index contributed by atoms with van der Waals surface area (Å²) in [4.78, 5) is 19.7. The van der Waals surface area contributed by atoms with E-state index in [9.17, 15) is 4.79 Å². The zero-order chi connectivity index (χ0) is 18.5. The first-order chi connectivity index (χ1) is 12.5. The number of ether oxygens (including phenoxy) is 1. The molecule has 26 heavy (non-hydrogen) atoms. The van der Waals surface area contributed by atoms with Gasteiger partial charge >= 0.3 is 0 Å². The minimum absolute atomic E-state index is 0.0601. The van der Waals surface area contributed by atoms with Gasteiger partial charge in [-0.15, -0.1) is 0 Å². The van der Waals surface area contributed by atoms with Crippen molar-refractivity contribution in [3.63, 3.8) is 0 Å². The van der Waals surface area contributed by atoms with Gasteiger partial charge in [0.05, 0.1) is 41.2 Å². The Kier molecular flexibility index (Phi) is 6.59. The number of nitrogens with one attached hydrogen (secondary N) is 1. The topological polar surface area (TPSA) is 46.9 Å². The summed E-state index contributed by atoms with van der Waals surface area (Å²) < 4.78 is 5.53. The van der Waals surface area contributed by atoms with E-state index >= 15 is 0 Å². The van der Waals surface area contributed by atoms with Gasteiger partial charge in [0.1, 0.15) is 12.3 Å². The fourth-order valence-corrected chi connectivity index (χ4v) is 3.48. The number of hydrogen-bond acceptors (Lipinski definition) is 3. The zero-order valence-corrected chi connectivity index (χ0v) is 16.3. The predicted molar refractivity (Wildman–Crippen MR) is 102 cm³/mol. The van der Waals surface area contributed by atoms with Gasteiger partial charge in [0.15, 0.2) is 6.61 Å². The number of piperazine rings is 1. The van der Waals surface area contributed by atoms with Crippen LogP contribution in [-0.2, 0) is 11.3 Å². The molecule has 3 rings (SSSR count). The van der Waals surface area contributed by atoms with Crippen LogP contribution < -0.4 is 9.64 Å². The lowest BCUT2D eigenvalue weighted by atomic mass is 10.2. The van der Waals surface area contributed by atoms with Crippen molar-refractivity contribution >= 4 is 40.7 Å². The Morgan fingerprint density at radius 3 is 2.42 bits per heavy atom. The minimum Gasteiger partial charge on any atom is -0.482 e. The molecule has 8 heteroatoms. The lowest BCUT2D eigenvalue weighted by molar-refractivity contribution is -0.917. The van der Waals surface area contributed by atoms with Crippen molar-refractivity contribution in [2.75, 3.05) is 32.8 Å². The molecule has 0 saturated carbocycles. The number of amides is 1. The van der Waals surface area contributed by atoms with E-state index in [0.717, 1.165) is 19.6 Å². The molecule has 138 valence electrons. The highest BCUT2D eigenvalue weighted by molar-refractivity contribution is 6.43. The second-order valence-electron chi connectivity index (χ2n) is 6.15. The van der Waals surface area contributed by atoms with Crippen LogP contribution in [0.15, 0.2) is 36.7 Å². The third-order valence-corrected chi connectivity index (χ3v) is 5.37. The molecule has 0 unspecified atom stereocenters. The van der Waals surface area contributed by atoms with Gasteiger partial charge in [0, 0.05) is 24.0 Å². The smallest absolute Gasteiger partial charge is 0.260 e. The van der Waals surface area contributed by atoms with E-state index in [1.54, 1.807) is 12.4 Å². The summed E-state index contributed by atoms with van der Waals surface area (Å²) >= 11 is 17.9. The van der Waals surface area contributed by atoms with Crippen molar-refractivity contribution in [2.45, 2.75) is 6.54 Å². The molecule has 1 aromatic heterocycles. The molecule has 1 N–H and O–H groups in total. The summed E-state index contributed by atoms with van der Waals surface area (Å²) in [7, 11) is 0. The summed E-state index contributed by atoms with van der Waals surface area (Å²) in [5.41, 5.74) is 1.26. The molecule has 0 bridgehead atoms. The Balaban J connectivity index is 1.47. The van der Waals surface area contributed by atoms with E-state index in [1.807, 2.05) is 17.0 Å². The average molecular weight is 416 g/mol. The number of nitrogens with zero attached hydrogens (tertiary/aromatic N) is 2. The Morgan fingerprint density at radius 2 is 1.73 bits per heavy atom. The highest BCUT2D eigenvalue weighted by Gasteiger charge is 2.24. The van der Waals surface area contributed by atoms with Crippen LogP contribution in [0.25, 0.3) is 0 Å². The van der Waals surface area contributed by atoms with Crippen LogP contribution >= 0.6 is 34.8 Å². The van der Waals surface area contributed by atoms with Gasteiger partial charge in [0.25, 0.3) is 5.91 Å². The Hall–Kier alpha value is -1.53. The van der Waals surface area contributed by atoms with Crippen molar-refractivity contribution in [1.29, 1.82) is 0 Å². The monoisotopic (exact) mass is 414 g/mol. The summed E-state index contributed by atoms with van der Waals surface area (Å²) in [6.45, 7) is 4.09. The molecule has 1 saturated heterocycles. The molecule has 1 amide bonds. The fourth-order valence-electron chi connectivity index (χ4n) is 2.88. The SMILES string of the molecule is O=C(COc1cc(Cl)c(Cl)cc1Cl)N1CC[NH+](Cc2ccncc2)CC1. The number of halogens is 3. The number of hydrogen-bond donors (Lipinski definition) is 1. The molecule has 1 aromatic carbocycles. The van der Waals surface area contributed by atoms with E-state index in [1.165, 1.54) is 22.6 Å². The first-order valence-corrected chi connectivity index (χ1v) is 9.44. The standard InChI is InChI=1S/C18H18Cl3N3O2/c19-14-9-16(21)17(10-15(14)20)26-12-18(25)24-7-5-23(6-8-24)11-13-1-3-22-4-2-13/h1-4,9-10H,5-8,11-12H2/p+1. The molecular weight excluding hydrogens is 397 g/mol. The van der Waals surface area contributed by atoms with Gasteiger partial charge in [0.2, 0.25) is 0 Å². The number of carbonyl (C=O) groups is 1. The number of quaternary nitrogens is 1.